The third-order valence-electron chi connectivity index (χ3n) is 7.01. The number of rotatable bonds is 7. The van der Waals surface area contributed by atoms with Crippen molar-refractivity contribution in [3.63, 3.8) is 0 Å². The van der Waals surface area contributed by atoms with Crippen LogP contribution >= 0.6 is 11.3 Å². The van der Waals surface area contributed by atoms with Gasteiger partial charge in [-0.15, -0.1) is 11.3 Å². The molecular formula is C27H36N2O5S2. The molecule has 0 bridgehead atoms. The van der Waals surface area contributed by atoms with E-state index in [1.54, 1.807) is 6.92 Å². The molecule has 36 heavy (non-hydrogen) atoms. The number of ether oxygens (including phenoxy) is 1. The average molecular weight is 533 g/mol. The van der Waals surface area contributed by atoms with Crippen LogP contribution in [0.5, 0.6) is 5.75 Å². The largest absolute Gasteiger partial charge is 0.481 e. The van der Waals surface area contributed by atoms with Gasteiger partial charge in [0.15, 0.2) is 15.9 Å². The Hall–Kier alpha value is -2.39. The Morgan fingerprint density at radius 1 is 1.17 bits per heavy atom. The number of hydrogen-bond acceptors (Lipinski definition) is 6. The molecule has 9 heteroatoms. The van der Waals surface area contributed by atoms with Crippen molar-refractivity contribution in [1.29, 1.82) is 0 Å². The van der Waals surface area contributed by atoms with Crippen molar-refractivity contribution in [2.75, 3.05) is 16.8 Å². The molecule has 0 saturated carbocycles. The molecule has 1 saturated heterocycles. The van der Waals surface area contributed by atoms with E-state index >= 15 is 0 Å². The fraction of sp³-hybridized carbons (Fsp3) is 0.556. The van der Waals surface area contributed by atoms with Crippen LogP contribution < -0.4 is 15.4 Å². The molecule has 196 valence electrons. The lowest BCUT2D eigenvalue weighted by atomic mass is 9.88. The maximum absolute atomic E-state index is 13.4. The van der Waals surface area contributed by atoms with Gasteiger partial charge in [-0.2, -0.15) is 0 Å². The first-order valence-electron chi connectivity index (χ1n) is 12.7. The molecule has 2 amide bonds. The zero-order valence-electron chi connectivity index (χ0n) is 21.6. The fourth-order valence-corrected chi connectivity index (χ4v) is 8.01. The van der Waals surface area contributed by atoms with Gasteiger partial charge in [0.1, 0.15) is 10.8 Å². The summed E-state index contributed by atoms with van der Waals surface area (Å²) in [4.78, 5) is 27.7. The van der Waals surface area contributed by atoms with Crippen molar-refractivity contribution in [2.45, 2.75) is 78.4 Å². The van der Waals surface area contributed by atoms with Gasteiger partial charge < -0.3 is 15.4 Å². The van der Waals surface area contributed by atoms with E-state index in [0.29, 0.717) is 28.7 Å². The van der Waals surface area contributed by atoms with Crippen molar-refractivity contribution in [2.24, 2.45) is 5.92 Å². The maximum atomic E-state index is 13.4. The van der Waals surface area contributed by atoms with E-state index in [0.717, 1.165) is 40.8 Å². The van der Waals surface area contributed by atoms with Crippen LogP contribution in [0.1, 0.15) is 78.4 Å². The first-order chi connectivity index (χ1) is 16.9. The van der Waals surface area contributed by atoms with E-state index in [9.17, 15) is 18.0 Å². The van der Waals surface area contributed by atoms with Crippen LogP contribution in [0.25, 0.3) is 0 Å². The Morgan fingerprint density at radius 3 is 2.58 bits per heavy atom. The molecule has 1 aliphatic carbocycles. The third-order valence-corrected chi connectivity index (χ3v) is 9.94. The van der Waals surface area contributed by atoms with Gasteiger partial charge in [0, 0.05) is 10.9 Å². The van der Waals surface area contributed by atoms with E-state index in [4.69, 9.17) is 4.74 Å². The highest BCUT2D eigenvalue weighted by Crippen LogP contribution is 2.40. The summed E-state index contributed by atoms with van der Waals surface area (Å²) in [6.45, 7) is 10.0. The second-order valence-corrected chi connectivity index (χ2v) is 13.9. The lowest BCUT2D eigenvalue weighted by molar-refractivity contribution is -0.122. The standard InChI is InChI=1S/C27H36N2O5S2/c1-15(2)20-8-6-16(3)12-22(20)34-18(5)25(30)29-27-24(21-9-7-17(4)13-23(21)35-27)26(31)28-19-10-11-36(32,33)14-19/h6,8,12,15,17-19H,7,9-11,13-14H2,1-5H3,(H,28,31)(H,29,30). The molecule has 2 N–H and O–H groups in total. The molecular weight excluding hydrogens is 496 g/mol. The van der Waals surface area contributed by atoms with Crippen LogP contribution in [-0.4, -0.2) is 43.9 Å². The summed E-state index contributed by atoms with van der Waals surface area (Å²) in [6.07, 6.45) is 2.25. The first kappa shape index (κ1) is 26.7. The predicted molar refractivity (Wildman–Crippen MR) is 144 cm³/mol. The highest BCUT2D eigenvalue weighted by Gasteiger charge is 2.33. The number of hydrogen-bond donors (Lipinski definition) is 2. The van der Waals surface area contributed by atoms with E-state index in [2.05, 4.69) is 31.4 Å². The molecule has 1 aromatic carbocycles. The van der Waals surface area contributed by atoms with Crippen molar-refractivity contribution in [3.8, 4) is 5.75 Å². The highest BCUT2D eigenvalue weighted by atomic mass is 32.2. The second-order valence-electron chi connectivity index (χ2n) is 10.6. The quantitative estimate of drug-likeness (QED) is 0.542. The Kier molecular flexibility index (Phi) is 7.80. The van der Waals surface area contributed by atoms with E-state index < -0.39 is 22.0 Å². The summed E-state index contributed by atoms with van der Waals surface area (Å²) in [7, 11) is -3.12. The van der Waals surface area contributed by atoms with Crippen molar-refractivity contribution in [3.05, 3.63) is 45.3 Å². The molecule has 1 aliphatic heterocycles. The lowest BCUT2D eigenvalue weighted by Crippen LogP contribution is -2.37. The van der Waals surface area contributed by atoms with Gasteiger partial charge in [-0.25, -0.2) is 8.42 Å². The minimum absolute atomic E-state index is 0.0383. The Morgan fingerprint density at radius 2 is 1.92 bits per heavy atom. The van der Waals surface area contributed by atoms with E-state index in [1.807, 2.05) is 25.1 Å². The summed E-state index contributed by atoms with van der Waals surface area (Å²) in [6, 6.07) is 5.60. The molecule has 2 heterocycles. The summed E-state index contributed by atoms with van der Waals surface area (Å²) in [5, 5.41) is 6.39. The minimum Gasteiger partial charge on any atom is -0.481 e. The number of carbonyl (C=O) groups is 2. The molecule has 4 rings (SSSR count). The number of sulfone groups is 1. The Balaban J connectivity index is 1.56. The number of thiophene rings is 1. The molecule has 1 fully saturated rings. The van der Waals surface area contributed by atoms with Gasteiger partial charge >= 0.3 is 0 Å². The zero-order chi connectivity index (χ0) is 26.2. The van der Waals surface area contributed by atoms with Gasteiger partial charge in [-0.3, -0.25) is 9.59 Å². The molecule has 0 spiro atoms. The third kappa shape index (κ3) is 5.94. The topological polar surface area (TPSA) is 102 Å². The zero-order valence-corrected chi connectivity index (χ0v) is 23.3. The summed E-state index contributed by atoms with van der Waals surface area (Å²) in [5.74, 6) is 0.859. The molecule has 3 unspecified atom stereocenters. The van der Waals surface area contributed by atoms with Gasteiger partial charge in [0.05, 0.1) is 17.1 Å². The van der Waals surface area contributed by atoms with E-state index in [1.165, 1.54) is 11.3 Å². The molecule has 7 nitrogen and oxygen atoms in total. The van der Waals surface area contributed by atoms with E-state index in [-0.39, 0.29) is 29.2 Å². The summed E-state index contributed by atoms with van der Waals surface area (Å²) in [5.41, 5.74) is 3.54. The van der Waals surface area contributed by atoms with Crippen LogP contribution in [0.4, 0.5) is 5.00 Å². The van der Waals surface area contributed by atoms with Crippen molar-refractivity contribution in [1.82, 2.24) is 5.32 Å². The number of anilines is 1. The van der Waals surface area contributed by atoms with Gasteiger partial charge in [0.2, 0.25) is 0 Å². The summed E-state index contributed by atoms with van der Waals surface area (Å²) < 4.78 is 29.9. The normalized spacial score (nSPS) is 21.6. The number of fused-ring (bicyclic) bond motifs is 1. The average Bonchev–Trinajstić information content (AvgIpc) is 3.31. The molecule has 0 radical (unpaired) electrons. The van der Waals surface area contributed by atoms with Crippen LogP contribution in [0.15, 0.2) is 18.2 Å². The summed E-state index contributed by atoms with van der Waals surface area (Å²) >= 11 is 1.45. The van der Waals surface area contributed by atoms with Gasteiger partial charge in [-0.1, -0.05) is 32.9 Å². The monoisotopic (exact) mass is 532 g/mol. The lowest BCUT2D eigenvalue weighted by Gasteiger charge is -2.20. The number of benzene rings is 1. The maximum Gasteiger partial charge on any atom is 0.265 e. The highest BCUT2D eigenvalue weighted by molar-refractivity contribution is 7.91. The smallest absolute Gasteiger partial charge is 0.265 e. The predicted octanol–water partition coefficient (Wildman–Crippen LogP) is 4.63. The van der Waals surface area contributed by atoms with Crippen LogP contribution in [0.3, 0.4) is 0 Å². The fourth-order valence-electron chi connectivity index (χ4n) is 4.92. The number of nitrogens with one attached hydrogen (secondary N) is 2. The molecule has 2 aromatic rings. The van der Waals surface area contributed by atoms with Gasteiger partial charge in [-0.05, 0) is 74.1 Å². The van der Waals surface area contributed by atoms with Crippen molar-refractivity contribution < 1.29 is 22.7 Å². The van der Waals surface area contributed by atoms with Crippen molar-refractivity contribution >= 4 is 38.0 Å². The van der Waals surface area contributed by atoms with Crippen LogP contribution in [-0.2, 0) is 27.5 Å². The minimum atomic E-state index is -3.12. The Labute approximate surface area is 217 Å². The molecule has 1 aromatic heterocycles. The molecule has 2 aliphatic rings. The van der Waals surface area contributed by atoms with Gasteiger partial charge in [0.25, 0.3) is 11.8 Å². The number of amides is 2. The Bertz CT molecular complexity index is 1270. The number of aryl methyl sites for hydroxylation is 1. The number of carbonyl (C=O) groups excluding carboxylic acids is 2. The van der Waals surface area contributed by atoms with Crippen LogP contribution in [0.2, 0.25) is 0 Å². The first-order valence-corrected chi connectivity index (χ1v) is 15.3. The second kappa shape index (κ2) is 10.5. The molecule has 3 atom stereocenters. The SMILES string of the molecule is Cc1ccc(C(C)C)c(OC(C)C(=O)Nc2sc3c(c2C(=O)NC2CCS(=O)(=O)C2)CCC(C)C3)c1. The van der Waals surface area contributed by atoms with Crippen LogP contribution in [0, 0.1) is 12.8 Å².